The lowest BCUT2D eigenvalue weighted by molar-refractivity contribution is -0.111. The van der Waals surface area contributed by atoms with Crippen molar-refractivity contribution in [2.45, 2.75) is 52.4 Å². The predicted octanol–water partition coefficient (Wildman–Crippen LogP) is 11.9. The zero-order valence-electron chi connectivity index (χ0n) is 29.3. The summed E-state index contributed by atoms with van der Waals surface area (Å²) in [5.74, 6) is 0.614. The first-order valence-corrected chi connectivity index (χ1v) is 17.1. The van der Waals surface area contributed by atoms with Crippen molar-refractivity contribution in [3.8, 4) is 22.3 Å². The van der Waals surface area contributed by atoms with Crippen LogP contribution < -0.4 is 4.90 Å². The molecule has 0 spiro atoms. The van der Waals surface area contributed by atoms with Gasteiger partial charge in [0.2, 0.25) is 0 Å². The molecule has 6 aromatic rings. The van der Waals surface area contributed by atoms with E-state index in [4.69, 9.17) is 4.74 Å². The Labute approximate surface area is 289 Å². The van der Waals surface area contributed by atoms with E-state index in [2.05, 4.69) is 148 Å². The van der Waals surface area contributed by atoms with Crippen LogP contribution in [0.3, 0.4) is 0 Å². The van der Waals surface area contributed by atoms with Gasteiger partial charge in [0.15, 0.2) is 5.78 Å². The molecule has 8 rings (SSSR count). The Hall–Kier alpha value is -5.41. The summed E-state index contributed by atoms with van der Waals surface area (Å²) in [7, 11) is 1.61. The van der Waals surface area contributed by atoms with Crippen molar-refractivity contribution in [1.29, 1.82) is 0 Å². The summed E-state index contributed by atoms with van der Waals surface area (Å²) in [6, 6.07) is 44.4. The lowest BCUT2D eigenvalue weighted by Gasteiger charge is -2.30. The summed E-state index contributed by atoms with van der Waals surface area (Å²) in [5.41, 5.74) is 15.3. The molecule has 0 radical (unpaired) electrons. The normalized spacial score (nSPS) is 15.2. The van der Waals surface area contributed by atoms with Gasteiger partial charge in [-0.25, -0.2) is 0 Å². The van der Waals surface area contributed by atoms with E-state index in [1.165, 1.54) is 44.5 Å². The molecular weight excluding hydrogens is 599 g/mol. The largest absolute Gasteiger partial charge is 0.501 e. The molecule has 0 saturated heterocycles. The maximum absolute atomic E-state index is 12.6. The number of ketones is 1. The lowest BCUT2D eigenvalue weighted by Crippen LogP contribution is -2.18. The molecule has 6 aromatic carbocycles. The van der Waals surface area contributed by atoms with Crippen LogP contribution in [-0.2, 0) is 20.4 Å². The highest BCUT2D eigenvalue weighted by Gasteiger charge is 2.37. The molecule has 0 bridgehead atoms. The lowest BCUT2D eigenvalue weighted by atomic mass is 9.82. The average molecular weight is 640 g/mol. The van der Waals surface area contributed by atoms with Gasteiger partial charge in [-0.2, -0.15) is 0 Å². The fraction of sp³-hybridized carbons (Fsp3) is 0.196. The molecule has 0 saturated carbocycles. The summed E-state index contributed by atoms with van der Waals surface area (Å²) in [6.45, 7) is 12.8. The number of rotatable bonds is 6. The van der Waals surface area contributed by atoms with Crippen LogP contribution in [0.15, 0.2) is 127 Å². The quantitative estimate of drug-likeness (QED) is 0.134. The number of fused-ring (bicyclic) bond motifs is 7. The van der Waals surface area contributed by atoms with Crippen molar-refractivity contribution < 1.29 is 9.53 Å². The van der Waals surface area contributed by atoms with Crippen LogP contribution in [0.5, 0.6) is 0 Å². The van der Waals surface area contributed by atoms with Gasteiger partial charge >= 0.3 is 0 Å². The van der Waals surface area contributed by atoms with Crippen LogP contribution >= 0.6 is 0 Å². The van der Waals surface area contributed by atoms with Crippen LogP contribution in [0.25, 0.3) is 38.6 Å². The van der Waals surface area contributed by atoms with Gasteiger partial charge in [0.05, 0.1) is 12.7 Å². The molecule has 3 heteroatoms. The number of anilines is 3. The summed E-state index contributed by atoms with van der Waals surface area (Å²) in [6.07, 6.45) is 0. The van der Waals surface area contributed by atoms with Gasteiger partial charge in [-0.3, -0.25) is 4.79 Å². The Bertz CT molecular complexity index is 2270. The van der Waals surface area contributed by atoms with Gasteiger partial charge in [0.25, 0.3) is 0 Å². The molecule has 0 unspecified atom stereocenters. The van der Waals surface area contributed by atoms with Crippen molar-refractivity contribution in [3.05, 3.63) is 155 Å². The molecule has 0 N–H and O–H groups in total. The van der Waals surface area contributed by atoms with E-state index in [1.807, 2.05) is 13.0 Å². The van der Waals surface area contributed by atoms with Crippen LogP contribution in [0.4, 0.5) is 17.1 Å². The van der Waals surface area contributed by atoms with E-state index >= 15 is 0 Å². The summed E-state index contributed by atoms with van der Waals surface area (Å²) in [4.78, 5) is 15.0. The number of Topliss-reactive ketones (excluding diaryl/α,β-unsaturated/α-hetero) is 1. The topological polar surface area (TPSA) is 29.5 Å². The van der Waals surface area contributed by atoms with Crippen molar-refractivity contribution in [2.75, 3.05) is 12.0 Å². The first kappa shape index (κ1) is 30.9. The average Bonchev–Trinajstić information content (AvgIpc) is 3.47. The third-order valence-corrected chi connectivity index (χ3v) is 11.0. The molecule has 2 aliphatic carbocycles. The number of hydrogen-bond donors (Lipinski definition) is 0. The number of ether oxygens (including phenoxy) is 1. The van der Waals surface area contributed by atoms with Crippen LogP contribution in [0.1, 0.15) is 69.4 Å². The second-order valence-electron chi connectivity index (χ2n) is 14.6. The monoisotopic (exact) mass is 639 g/mol. The van der Waals surface area contributed by atoms with E-state index in [9.17, 15) is 4.79 Å². The van der Waals surface area contributed by atoms with Gasteiger partial charge < -0.3 is 9.64 Å². The van der Waals surface area contributed by atoms with Crippen molar-refractivity contribution in [2.24, 2.45) is 0 Å². The molecule has 3 nitrogen and oxygen atoms in total. The molecule has 0 heterocycles. The second kappa shape index (κ2) is 11.1. The van der Waals surface area contributed by atoms with Crippen LogP contribution in [-0.4, -0.2) is 12.9 Å². The summed E-state index contributed by atoms with van der Waals surface area (Å²) >= 11 is 0. The molecule has 49 heavy (non-hydrogen) atoms. The van der Waals surface area contributed by atoms with Gasteiger partial charge in [0, 0.05) is 27.9 Å². The van der Waals surface area contributed by atoms with E-state index in [0.29, 0.717) is 11.3 Å². The van der Waals surface area contributed by atoms with E-state index in [-0.39, 0.29) is 16.6 Å². The molecule has 0 fully saturated rings. The number of benzene rings is 6. The summed E-state index contributed by atoms with van der Waals surface area (Å²) in [5, 5.41) is 2.17. The molecule has 2 aliphatic rings. The maximum Gasteiger partial charge on any atom is 0.163 e. The molecule has 0 aliphatic heterocycles. The van der Waals surface area contributed by atoms with Crippen LogP contribution in [0, 0.1) is 0 Å². The Morgan fingerprint density at radius 3 is 1.51 bits per heavy atom. The fourth-order valence-corrected chi connectivity index (χ4v) is 8.39. The Morgan fingerprint density at radius 1 is 0.531 bits per heavy atom. The third kappa shape index (κ3) is 4.67. The van der Waals surface area contributed by atoms with Gasteiger partial charge in [0.1, 0.15) is 5.76 Å². The highest BCUT2D eigenvalue weighted by Crippen LogP contribution is 2.53. The molecular formula is C46H41NO2. The number of hydrogen-bond acceptors (Lipinski definition) is 3. The maximum atomic E-state index is 12.6. The Morgan fingerprint density at radius 2 is 0.980 bits per heavy atom. The number of carbonyl (C=O) groups excluding carboxylic acids is 1. The zero-order valence-corrected chi connectivity index (χ0v) is 29.3. The number of methoxy groups -OCH3 is 1. The summed E-state index contributed by atoms with van der Waals surface area (Å²) < 4.78 is 5.47. The second-order valence-corrected chi connectivity index (χ2v) is 14.6. The highest BCUT2D eigenvalue weighted by molar-refractivity contribution is 6.20. The fourth-order valence-electron chi connectivity index (χ4n) is 8.39. The minimum atomic E-state index is -0.114. The first-order chi connectivity index (χ1) is 23.5. The van der Waals surface area contributed by atoms with E-state index in [1.54, 1.807) is 14.0 Å². The SMILES string of the molecule is CO/C(C)=C(\C(C)=O)c1ccc2cc(N(c3ccc4c(c3)C(C)(C)c3ccccc3-4)c3ccc4c(c3)C(C)(C)c3ccccc3-4)ccc2c1. The minimum absolute atomic E-state index is 0.00938. The molecule has 0 aromatic heterocycles. The number of allylic oxidation sites excluding steroid dienone is 2. The third-order valence-electron chi connectivity index (χ3n) is 11.0. The Kier molecular flexibility index (Phi) is 6.98. The zero-order chi connectivity index (χ0) is 34.2. The van der Waals surface area contributed by atoms with E-state index < -0.39 is 0 Å². The number of carbonyl (C=O) groups is 1. The smallest absolute Gasteiger partial charge is 0.163 e. The van der Waals surface area contributed by atoms with Crippen molar-refractivity contribution in [1.82, 2.24) is 0 Å². The van der Waals surface area contributed by atoms with Crippen LogP contribution in [0.2, 0.25) is 0 Å². The molecule has 0 atom stereocenters. The van der Waals surface area contributed by atoms with Gasteiger partial charge in [-0.1, -0.05) is 107 Å². The minimum Gasteiger partial charge on any atom is -0.501 e. The van der Waals surface area contributed by atoms with Crippen molar-refractivity contribution >= 4 is 39.2 Å². The standard InChI is InChI=1S/C46H41NO2/c1-28(48)44(29(2)49-7)32-17-16-31-25-33(19-18-30(31)24-32)47(34-20-22-38-36-12-8-10-14-40(36)45(3,4)42(38)26-34)35-21-23-39-37-13-9-11-15-41(37)46(5,6)43(39)27-35/h8-27H,1-7H3/b44-29+. The molecule has 242 valence electrons. The van der Waals surface area contributed by atoms with Gasteiger partial charge in [-0.15, -0.1) is 0 Å². The highest BCUT2D eigenvalue weighted by atomic mass is 16.5. The number of nitrogens with zero attached hydrogens (tertiary/aromatic N) is 1. The van der Waals surface area contributed by atoms with Crippen molar-refractivity contribution in [3.63, 3.8) is 0 Å². The first-order valence-electron chi connectivity index (χ1n) is 17.1. The predicted molar refractivity (Wildman–Crippen MR) is 204 cm³/mol. The Balaban J connectivity index is 1.31. The van der Waals surface area contributed by atoms with E-state index in [0.717, 1.165) is 33.4 Å². The molecule has 0 amide bonds. The van der Waals surface area contributed by atoms with Gasteiger partial charge in [-0.05, 0) is 117 Å².